The molecule has 0 aliphatic rings. The van der Waals surface area contributed by atoms with Crippen molar-refractivity contribution in [3.05, 3.63) is 29.0 Å². The van der Waals surface area contributed by atoms with E-state index in [1.807, 2.05) is 6.07 Å². The number of unbranched alkanes of at least 4 members (excludes halogenated alkanes) is 6. The summed E-state index contributed by atoms with van der Waals surface area (Å²) in [7, 11) is 0. The molecule has 1 nitrogen and oxygen atoms in total. The summed E-state index contributed by atoms with van der Waals surface area (Å²) in [5, 5.41) is 0.507. The van der Waals surface area contributed by atoms with Crippen molar-refractivity contribution in [1.29, 1.82) is 0 Å². The van der Waals surface area contributed by atoms with Gasteiger partial charge in [-0.15, -0.1) is 0 Å². The maximum atomic E-state index is 11.9. The number of nitrogens with zero attached hydrogens (tertiary/aromatic N) is 1. The summed E-state index contributed by atoms with van der Waals surface area (Å²) in [5.74, 6) is 0. The van der Waals surface area contributed by atoms with Gasteiger partial charge in [-0.2, -0.15) is 13.2 Å². The number of rotatable bonds is 9. The quantitative estimate of drug-likeness (QED) is 0.405. The van der Waals surface area contributed by atoms with Gasteiger partial charge in [-0.1, -0.05) is 49.8 Å². The number of hydrogen-bond acceptors (Lipinski definition) is 1. The lowest BCUT2D eigenvalue weighted by Crippen LogP contribution is -2.06. The molecule has 0 aliphatic heterocycles. The highest BCUT2D eigenvalue weighted by atomic mass is 35.5. The molecule has 0 saturated heterocycles. The summed E-state index contributed by atoms with van der Waals surface area (Å²) < 4.78 is 35.7. The summed E-state index contributed by atoms with van der Waals surface area (Å²) >= 11 is 5.70. The topological polar surface area (TPSA) is 12.9 Å². The van der Waals surface area contributed by atoms with Gasteiger partial charge in [0.1, 0.15) is 5.15 Å². The number of aryl methyl sites for hydroxylation is 1. The van der Waals surface area contributed by atoms with E-state index in [9.17, 15) is 13.2 Å². The SMILES string of the molecule is FC(F)(F)CCCCCCCCCc1ccc(Cl)nc1. The lowest BCUT2D eigenvalue weighted by molar-refractivity contribution is -0.135. The molecule has 1 aromatic heterocycles. The van der Waals surface area contributed by atoms with Crippen LogP contribution in [-0.2, 0) is 6.42 Å². The van der Waals surface area contributed by atoms with Crippen molar-refractivity contribution in [2.45, 2.75) is 64.0 Å². The van der Waals surface area contributed by atoms with E-state index in [4.69, 9.17) is 11.6 Å². The first-order valence-corrected chi connectivity index (χ1v) is 7.52. The summed E-state index contributed by atoms with van der Waals surface area (Å²) in [6.07, 6.45) is 4.30. The van der Waals surface area contributed by atoms with Crippen molar-refractivity contribution in [3.8, 4) is 0 Å². The minimum absolute atomic E-state index is 0.264. The first-order valence-electron chi connectivity index (χ1n) is 7.14. The van der Waals surface area contributed by atoms with Crippen LogP contribution in [0.2, 0.25) is 5.15 Å². The standard InChI is InChI=1S/C15H21ClF3N/c16-14-10-9-13(12-20-14)8-6-4-2-1-3-5-7-11-15(17,18)19/h9-10,12H,1-8,11H2. The van der Waals surface area contributed by atoms with Crippen LogP contribution in [0.15, 0.2) is 18.3 Å². The van der Waals surface area contributed by atoms with Crippen LogP contribution in [0.5, 0.6) is 0 Å². The first kappa shape index (κ1) is 17.3. The van der Waals surface area contributed by atoms with E-state index in [2.05, 4.69) is 4.98 Å². The van der Waals surface area contributed by atoms with Crippen LogP contribution in [-0.4, -0.2) is 11.2 Å². The molecule has 5 heteroatoms. The average Bonchev–Trinajstić information content (AvgIpc) is 2.37. The predicted octanol–water partition coefficient (Wildman–Crippen LogP) is 5.96. The van der Waals surface area contributed by atoms with E-state index in [1.54, 1.807) is 12.3 Å². The van der Waals surface area contributed by atoms with E-state index in [0.29, 0.717) is 11.6 Å². The van der Waals surface area contributed by atoms with E-state index < -0.39 is 12.6 Å². The fraction of sp³-hybridized carbons (Fsp3) is 0.667. The van der Waals surface area contributed by atoms with Gasteiger partial charge in [0.15, 0.2) is 0 Å². The summed E-state index contributed by atoms with van der Waals surface area (Å²) in [4.78, 5) is 4.02. The molecule has 114 valence electrons. The van der Waals surface area contributed by atoms with Gasteiger partial charge in [0.2, 0.25) is 0 Å². The second kappa shape index (κ2) is 9.22. The summed E-state index contributed by atoms with van der Waals surface area (Å²) in [6, 6.07) is 3.77. The van der Waals surface area contributed by atoms with Crippen molar-refractivity contribution < 1.29 is 13.2 Å². The molecule has 0 radical (unpaired) electrons. The molecule has 0 aliphatic carbocycles. The van der Waals surface area contributed by atoms with Crippen LogP contribution in [0.4, 0.5) is 13.2 Å². The Kier molecular flexibility index (Phi) is 7.97. The Morgan fingerprint density at radius 2 is 1.50 bits per heavy atom. The molecule has 0 saturated carbocycles. The van der Waals surface area contributed by atoms with Gasteiger partial charge in [-0.3, -0.25) is 0 Å². The van der Waals surface area contributed by atoms with Crippen LogP contribution in [0.1, 0.15) is 56.9 Å². The molecule has 1 rings (SSSR count). The molecular weight excluding hydrogens is 287 g/mol. The van der Waals surface area contributed by atoms with Crippen LogP contribution in [0, 0.1) is 0 Å². The highest BCUT2D eigenvalue weighted by Gasteiger charge is 2.25. The maximum Gasteiger partial charge on any atom is 0.389 e. The Hall–Kier alpha value is -0.770. The molecule has 20 heavy (non-hydrogen) atoms. The van der Waals surface area contributed by atoms with E-state index in [-0.39, 0.29) is 6.42 Å². The number of alkyl halides is 3. The smallest absolute Gasteiger partial charge is 0.244 e. The third-order valence-corrected chi connectivity index (χ3v) is 3.44. The monoisotopic (exact) mass is 307 g/mol. The summed E-state index contributed by atoms with van der Waals surface area (Å²) in [5.41, 5.74) is 1.18. The zero-order valence-electron chi connectivity index (χ0n) is 11.6. The van der Waals surface area contributed by atoms with E-state index >= 15 is 0 Å². The maximum absolute atomic E-state index is 11.9. The predicted molar refractivity (Wildman–Crippen MR) is 75.9 cm³/mol. The lowest BCUT2D eigenvalue weighted by Gasteiger charge is -2.05. The molecule has 0 amide bonds. The Bertz CT molecular complexity index is 362. The van der Waals surface area contributed by atoms with Crippen molar-refractivity contribution in [2.24, 2.45) is 0 Å². The third-order valence-electron chi connectivity index (χ3n) is 3.21. The van der Waals surface area contributed by atoms with Gasteiger partial charge in [-0.05, 0) is 30.9 Å². The Morgan fingerprint density at radius 1 is 0.900 bits per heavy atom. The third kappa shape index (κ3) is 9.18. The number of hydrogen-bond donors (Lipinski definition) is 0. The fourth-order valence-corrected chi connectivity index (χ4v) is 2.20. The van der Waals surface area contributed by atoms with Gasteiger partial charge in [-0.25, -0.2) is 4.98 Å². The van der Waals surface area contributed by atoms with Crippen molar-refractivity contribution >= 4 is 11.6 Å². The first-order chi connectivity index (χ1) is 9.47. The van der Waals surface area contributed by atoms with Crippen LogP contribution in [0.25, 0.3) is 0 Å². The molecule has 0 fully saturated rings. The number of aromatic nitrogens is 1. The van der Waals surface area contributed by atoms with Gasteiger partial charge in [0.25, 0.3) is 0 Å². The highest BCUT2D eigenvalue weighted by molar-refractivity contribution is 6.29. The van der Waals surface area contributed by atoms with Gasteiger partial charge in [0.05, 0.1) is 0 Å². The Morgan fingerprint density at radius 3 is 2.05 bits per heavy atom. The second-order valence-corrected chi connectivity index (χ2v) is 5.47. The van der Waals surface area contributed by atoms with Crippen molar-refractivity contribution in [1.82, 2.24) is 4.98 Å². The molecule has 0 bridgehead atoms. The lowest BCUT2D eigenvalue weighted by atomic mass is 10.0. The minimum atomic E-state index is -3.99. The molecule has 0 aromatic carbocycles. The van der Waals surface area contributed by atoms with E-state index in [1.165, 1.54) is 5.56 Å². The number of pyridine rings is 1. The molecule has 1 aromatic rings. The largest absolute Gasteiger partial charge is 0.389 e. The molecule has 0 spiro atoms. The van der Waals surface area contributed by atoms with Crippen LogP contribution in [0.3, 0.4) is 0 Å². The minimum Gasteiger partial charge on any atom is -0.244 e. The van der Waals surface area contributed by atoms with Crippen LogP contribution >= 0.6 is 11.6 Å². The van der Waals surface area contributed by atoms with Crippen LogP contribution < -0.4 is 0 Å². The molecule has 0 unspecified atom stereocenters. The Labute approximate surface area is 123 Å². The zero-order chi connectivity index (χ0) is 14.8. The van der Waals surface area contributed by atoms with Gasteiger partial charge < -0.3 is 0 Å². The summed E-state index contributed by atoms with van der Waals surface area (Å²) in [6.45, 7) is 0. The van der Waals surface area contributed by atoms with Crippen molar-refractivity contribution in [3.63, 3.8) is 0 Å². The van der Waals surface area contributed by atoms with E-state index in [0.717, 1.165) is 38.5 Å². The second-order valence-electron chi connectivity index (χ2n) is 5.08. The highest BCUT2D eigenvalue weighted by Crippen LogP contribution is 2.23. The average molecular weight is 308 g/mol. The number of halogens is 4. The normalized spacial score (nSPS) is 11.8. The zero-order valence-corrected chi connectivity index (χ0v) is 12.3. The molecule has 1 heterocycles. The fourth-order valence-electron chi connectivity index (χ4n) is 2.09. The van der Waals surface area contributed by atoms with Gasteiger partial charge in [0, 0.05) is 12.6 Å². The molecular formula is C15H21ClF3N. The molecule has 0 N–H and O–H groups in total. The van der Waals surface area contributed by atoms with Gasteiger partial charge >= 0.3 is 6.18 Å². The Balaban J connectivity index is 1.91. The molecule has 0 atom stereocenters. The van der Waals surface area contributed by atoms with Crippen molar-refractivity contribution in [2.75, 3.05) is 0 Å².